The third-order valence-corrected chi connectivity index (χ3v) is 5.31. The molecule has 2 aromatic rings. The van der Waals surface area contributed by atoms with Crippen LogP contribution < -0.4 is 10.2 Å². The molecule has 0 unspecified atom stereocenters. The summed E-state index contributed by atoms with van der Waals surface area (Å²) in [5.74, 6) is -1.03. The van der Waals surface area contributed by atoms with Crippen molar-refractivity contribution in [3.8, 4) is 0 Å². The van der Waals surface area contributed by atoms with Crippen LogP contribution in [0.1, 0.15) is 10.4 Å². The molecular weight excluding hydrogens is 476 g/mol. The van der Waals surface area contributed by atoms with Crippen molar-refractivity contribution in [1.29, 1.82) is 0 Å². The van der Waals surface area contributed by atoms with E-state index in [0.29, 0.717) is 28.0 Å². The number of benzene rings is 2. The van der Waals surface area contributed by atoms with Crippen LogP contribution in [0.4, 0.5) is 15.8 Å². The number of hydrogen-bond donors (Lipinski definition) is 1. The third kappa shape index (κ3) is 5.20. The van der Waals surface area contributed by atoms with Crippen LogP contribution in [0, 0.1) is 9.39 Å². The molecule has 0 spiro atoms. The number of likely N-dealkylation sites (N-methyl/N-ethyl adjacent to an activating group) is 1. The van der Waals surface area contributed by atoms with Crippen LogP contribution >= 0.6 is 22.6 Å². The molecule has 0 aliphatic carbocycles. The molecule has 1 aliphatic heterocycles. The Bertz CT molecular complexity index is 854. The second-order valence-corrected chi connectivity index (χ2v) is 7.64. The van der Waals surface area contributed by atoms with Gasteiger partial charge in [0, 0.05) is 35.1 Å². The molecule has 0 radical (unpaired) electrons. The van der Waals surface area contributed by atoms with Gasteiger partial charge in [-0.2, -0.15) is 0 Å². The van der Waals surface area contributed by atoms with Crippen molar-refractivity contribution in [3.63, 3.8) is 0 Å². The van der Waals surface area contributed by atoms with E-state index >= 15 is 0 Å². The topological polar surface area (TPSA) is 61.9 Å². The molecule has 8 heteroatoms. The summed E-state index contributed by atoms with van der Waals surface area (Å²) in [4.78, 5) is 28.3. The second kappa shape index (κ2) is 9.33. The average Bonchev–Trinajstić information content (AvgIpc) is 2.68. The number of nitrogens with zero attached hydrogens (tertiary/aromatic N) is 2. The van der Waals surface area contributed by atoms with Gasteiger partial charge < -0.3 is 19.9 Å². The lowest BCUT2D eigenvalue weighted by Crippen LogP contribution is -2.36. The minimum absolute atomic E-state index is 0.0997. The molecule has 6 nitrogen and oxygen atoms in total. The SMILES string of the molecule is CN(CC(=O)Nc1ccc(N2CCOCC2)cc1)C(=O)c1ccc(F)cc1I. The third-order valence-electron chi connectivity index (χ3n) is 4.42. The first-order chi connectivity index (χ1) is 13.4. The van der Waals surface area contributed by atoms with E-state index in [0.717, 1.165) is 18.8 Å². The molecule has 2 amide bonds. The van der Waals surface area contributed by atoms with Crippen LogP contribution in [0.3, 0.4) is 0 Å². The molecule has 1 aliphatic rings. The highest BCUT2D eigenvalue weighted by atomic mass is 127. The molecule has 148 valence electrons. The normalized spacial score (nSPS) is 13.9. The van der Waals surface area contributed by atoms with Crippen LogP contribution in [-0.2, 0) is 9.53 Å². The molecule has 0 atom stereocenters. The molecule has 1 heterocycles. The predicted octanol–water partition coefficient (Wildman–Crippen LogP) is 2.98. The Hall–Kier alpha value is -2.20. The van der Waals surface area contributed by atoms with E-state index in [4.69, 9.17) is 4.74 Å². The van der Waals surface area contributed by atoms with Crippen LogP contribution in [-0.4, -0.2) is 56.6 Å². The zero-order valence-corrected chi connectivity index (χ0v) is 17.6. The first kappa shape index (κ1) is 20.5. The summed E-state index contributed by atoms with van der Waals surface area (Å²) in [5.41, 5.74) is 2.12. The first-order valence-corrected chi connectivity index (χ1v) is 9.95. The Balaban J connectivity index is 1.56. The largest absolute Gasteiger partial charge is 0.378 e. The van der Waals surface area contributed by atoms with E-state index < -0.39 is 5.82 Å². The number of morpholine rings is 1. The van der Waals surface area contributed by atoms with E-state index in [9.17, 15) is 14.0 Å². The van der Waals surface area contributed by atoms with Gasteiger partial charge in [0.15, 0.2) is 0 Å². The van der Waals surface area contributed by atoms with Gasteiger partial charge in [-0.15, -0.1) is 0 Å². The van der Waals surface area contributed by atoms with Crippen LogP contribution in [0.5, 0.6) is 0 Å². The molecule has 1 saturated heterocycles. The minimum atomic E-state index is -0.401. The summed E-state index contributed by atoms with van der Waals surface area (Å²) in [5, 5.41) is 2.80. The lowest BCUT2D eigenvalue weighted by molar-refractivity contribution is -0.116. The van der Waals surface area contributed by atoms with Gasteiger partial charge in [-0.1, -0.05) is 0 Å². The van der Waals surface area contributed by atoms with Crippen molar-refractivity contribution >= 4 is 45.8 Å². The molecule has 1 N–H and O–H groups in total. The van der Waals surface area contributed by atoms with Crippen molar-refractivity contribution in [2.75, 3.05) is 50.1 Å². The molecule has 0 saturated carbocycles. The zero-order chi connectivity index (χ0) is 20.1. The Morgan fingerprint density at radius 2 is 1.86 bits per heavy atom. The smallest absolute Gasteiger partial charge is 0.255 e. The Morgan fingerprint density at radius 1 is 1.18 bits per heavy atom. The number of carbonyl (C=O) groups excluding carboxylic acids is 2. The van der Waals surface area contributed by atoms with Gasteiger partial charge in [-0.05, 0) is 65.1 Å². The molecule has 28 heavy (non-hydrogen) atoms. The summed E-state index contributed by atoms with van der Waals surface area (Å²) < 4.78 is 19.1. The Labute approximate surface area is 176 Å². The molecule has 0 bridgehead atoms. The maximum absolute atomic E-state index is 13.2. The van der Waals surface area contributed by atoms with Gasteiger partial charge in [-0.3, -0.25) is 9.59 Å². The Morgan fingerprint density at radius 3 is 2.50 bits per heavy atom. The van der Waals surface area contributed by atoms with Gasteiger partial charge >= 0.3 is 0 Å². The van der Waals surface area contributed by atoms with Gasteiger partial charge in [0.1, 0.15) is 5.82 Å². The number of hydrogen-bond acceptors (Lipinski definition) is 4. The van der Waals surface area contributed by atoms with Crippen LogP contribution in [0.25, 0.3) is 0 Å². The van der Waals surface area contributed by atoms with Gasteiger partial charge in [-0.25, -0.2) is 4.39 Å². The summed E-state index contributed by atoms with van der Waals surface area (Å²) in [7, 11) is 1.54. The maximum atomic E-state index is 13.2. The molecule has 3 rings (SSSR count). The lowest BCUT2D eigenvalue weighted by atomic mass is 10.2. The van der Waals surface area contributed by atoms with E-state index in [-0.39, 0.29) is 18.4 Å². The fourth-order valence-electron chi connectivity index (χ4n) is 2.93. The fourth-order valence-corrected chi connectivity index (χ4v) is 3.64. The van der Waals surface area contributed by atoms with Crippen molar-refractivity contribution in [2.45, 2.75) is 0 Å². The van der Waals surface area contributed by atoms with Crippen molar-refractivity contribution in [1.82, 2.24) is 4.90 Å². The quantitative estimate of drug-likeness (QED) is 0.646. The first-order valence-electron chi connectivity index (χ1n) is 8.87. The summed E-state index contributed by atoms with van der Waals surface area (Å²) in [6, 6.07) is 11.5. The number of ether oxygens (including phenoxy) is 1. The number of anilines is 2. The van der Waals surface area contributed by atoms with Crippen LogP contribution in [0.2, 0.25) is 0 Å². The molecule has 2 aromatic carbocycles. The van der Waals surface area contributed by atoms with E-state index in [1.165, 1.54) is 23.1 Å². The highest BCUT2D eigenvalue weighted by Gasteiger charge is 2.18. The van der Waals surface area contributed by atoms with Crippen LogP contribution in [0.15, 0.2) is 42.5 Å². The highest BCUT2D eigenvalue weighted by Crippen LogP contribution is 2.19. The number of nitrogens with one attached hydrogen (secondary N) is 1. The highest BCUT2D eigenvalue weighted by molar-refractivity contribution is 14.1. The van der Waals surface area contributed by atoms with E-state index in [2.05, 4.69) is 10.2 Å². The lowest BCUT2D eigenvalue weighted by Gasteiger charge is -2.28. The van der Waals surface area contributed by atoms with Crippen molar-refractivity contribution < 1.29 is 18.7 Å². The minimum Gasteiger partial charge on any atom is -0.378 e. The Kier molecular flexibility index (Phi) is 6.84. The standard InChI is InChI=1S/C20H21FIN3O3/c1-24(20(27)17-7-2-14(21)12-18(17)22)13-19(26)23-15-3-5-16(6-4-15)25-8-10-28-11-9-25/h2-7,12H,8-11,13H2,1H3,(H,23,26). The predicted molar refractivity (Wildman–Crippen MR) is 114 cm³/mol. The number of carbonyl (C=O) groups is 2. The number of amides is 2. The van der Waals surface area contributed by atoms with Gasteiger partial charge in [0.2, 0.25) is 5.91 Å². The number of rotatable bonds is 5. The average molecular weight is 497 g/mol. The van der Waals surface area contributed by atoms with Crippen molar-refractivity contribution in [3.05, 3.63) is 57.4 Å². The summed E-state index contributed by atoms with van der Waals surface area (Å²) in [6.45, 7) is 3.02. The summed E-state index contributed by atoms with van der Waals surface area (Å²) in [6.07, 6.45) is 0. The van der Waals surface area contributed by atoms with E-state index in [1.807, 2.05) is 46.9 Å². The molecule has 0 aromatic heterocycles. The van der Waals surface area contributed by atoms with Gasteiger partial charge in [0.05, 0.1) is 25.3 Å². The number of halogens is 2. The van der Waals surface area contributed by atoms with E-state index in [1.54, 1.807) is 7.05 Å². The molecule has 1 fully saturated rings. The molecular formula is C20H21FIN3O3. The summed E-state index contributed by atoms with van der Waals surface area (Å²) >= 11 is 1.91. The monoisotopic (exact) mass is 497 g/mol. The zero-order valence-electron chi connectivity index (χ0n) is 15.5. The van der Waals surface area contributed by atoms with Gasteiger partial charge in [0.25, 0.3) is 5.91 Å². The second-order valence-electron chi connectivity index (χ2n) is 6.48. The maximum Gasteiger partial charge on any atom is 0.255 e. The van der Waals surface area contributed by atoms with Crippen molar-refractivity contribution in [2.24, 2.45) is 0 Å². The fraction of sp³-hybridized carbons (Fsp3) is 0.300.